The molecule has 0 amide bonds. The Kier molecular flexibility index (Phi) is 4.35. The van der Waals surface area contributed by atoms with Gasteiger partial charge in [-0.05, 0) is 24.0 Å². The van der Waals surface area contributed by atoms with Gasteiger partial charge in [0.1, 0.15) is 10.6 Å². The molecule has 7 nitrogen and oxygen atoms in total. The summed E-state index contributed by atoms with van der Waals surface area (Å²) in [7, 11) is 1.32. The fraction of sp³-hybridized carbons (Fsp3) is 0.364. The van der Waals surface area contributed by atoms with Gasteiger partial charge in [0, 0.05) is 25.5 Å². The van der Waals surface area contributed by atoms with Gasteiger partial charge in [0.25, 0.3) is 0 Å². The molecule has 3 N–H and O–H groups in total. The fourth-order valence-electron chi connectivity index (χ4n) is 1.60. The van der Waals surface area contributed by atoms with Crippen LogP contribution >= 0.6 is 11.5 Å². The first-order valence-corrected chi connectivity index (χ1v) is 6.54. The van der Waals surface area contributed by atoms with Crippen LogP contribution in [0.25, 0.3) is 0 Å². The fourth-order valence-corrected chi connectivity index (χ4v) is 2.32. The average molecular weight is 281 g/mol. The summed E-state index contributed by atoms with van der Waals surface area (Å²) < 4.78 is 10.5. The molecule has 2 aromatic heterocycles. The average Bonchev–Trinajstić information content (AvgIpc) is 3.04. The Morgan fingerprint density at radius 2 is 2.47 bits per heavy atom. The third-order valence-electron chi connectivity index (χ3n) is 2.52. The Morgan fingerprint density at radius 1 is 1.63 bits per heavy atom. The molecule has 8 heteroatoms. The Bertz CT molecular complexity index is 537. The predicted octanol–water partition coefficient (Wildman–Crippen LogP) is 1.21. The minimum absolute atomic E-state index is 0.200. The SMILES string of the molecule is COC(=O)c1c(N)nsc1NCCCn1cccn1. The number of esters is 1. The van der Waals surface area contributed by atoms with Gasteiger partial charge in [-0.3, -0.25) is 4.68 Å². The zero-order chi connectivity index (χ0) is 13.7. The third-order valence-corrected chi connectivity index (χ3v) is 3.34. The quantitative estimate of drug-likeness (QED) is 0.610. The smallest absolute Gasteiger partial charge is 0.344 e. The zero-order valence-corrected chi connectivity index (χ0v) is 11.3. The van der Waals surface area contributed by atoms with Crippen LogP contribution in [0.1, 0.15) is 16.8 Å². The second-order valence-corrected chi connectivity index (χ2v) is 4.59. The lowest BCUT2D eigenvalue weighted by Crippen LogP contribution is -2.10. The minimum atomic E-state index is -0.471. The van der Waals surface area contributed by atoms with E-state index in [0.29, 0.717) is 17.1 Å². The van der Waals surface area contributed by atoms with E-state index in [1.807, 2.05) is 16.9 Å². The zero-order valence-electron chi connectivity index (χ0n) is 10.5. The van der Waals surface area contributed by atoms with Gasteiger partial charge in [0.15, 0.2) is 5.82 Å². The van der Waals surface area contributed by atoms with Crippen LogP contribution in [0.2, 0.25) is 0 Å². The molecular weight excluding hydrogens is 266 g/mol. The van der Waals surface area contributed by atoms with Gasteiger partial charge in [-0.15, -0.1) is 0 Å². The number of nitrogen functional groups attached to an aromatic ring is 1. The number of anilines is 2. The molecule has 0 bridgehead atoms. The van der Waals surface area contributed by atoms with Crippen molar-refractivity contribution in [3.05, 3.63) is 24.0 Å². The van der Waals surface area contributed by atoms with Gasteiger partial charge in [0.2, 0.25) is 0 Å². The van der Waals surface area contributed by atoms with E-state index in [2.05, 4.69) is 19.5 Å². The molecule has 2 heterocycles. The maximum Gasteiger partial charge on any atom is 0.344 e. The molecule has 2 rings (SSSR count). The van der Waals surface area contributed by atoms with E-state index in [-0.39, 0.29) is 5.82 Å². The number of methoxy groups -OCH3 is 1. The normalized spacial score (nSPS) is 10.4. The van der Waals surface area contributed by atoms with Crippen LogP contribution in [-0.4, -0.2) is 33.8 Å². The third kappa shape index (κ3) is 3.22. The van der Waals surface area contributed by atoms with Crippen LogP contribution in [0.15, 0.2) is 18.5 Å². The van der Waals surface area contributed by atoms with Crippen molar-refractivity contribution in [2.24, 2.45) is 0 Å². The van der Waals surface area contributed by atoms with Gasteiger partial charge < -0.3 is 15.8 Å². The highest BCUT2D eigenvalue weighted by Crippen LogP contribution is 2.27. The van der Waals surface area contributed by atoms with Crippen molar-refractivity contribution >= 4 is 28.3 Å². The molecule has 0 aliphatic carbocycles. The molecule has 0 saturated heterocycles. The topological polar surface area (TPSA) is 95.1 Å². The molecule has 0 fully saturated rings. The number of hydrogen-bond acceptors (Lipinski definition) is 7. The Hall–Kier alpha value is -2.09. The van der Waals surface area contributed by atoms with E-state index in [9.17, 15) is 4.79 Å². The lowest BCUT2D eigenvalue weighted by Gasteiger charge is -2.06. The molecule has 0 unspecified atom stereocenters. The maximum atomic E-state index is 11.5. The van der Waals surface area contributed by atoms with E-state index in [0.717, 1.165) is 24.5 Å². The molecule has 0 spiro atoms. The first-order chi connectivity index (χ1) is 9.22. The largest absolute Gasteiger partial charge is 0.465 e. The second-order valence-electron chi connectivity index (χ2n) is 3.81. The van der Waals surface area contributed by atoms with Crippen molar-refractivity contribution in [2.45, 2.75) is 13.0 Å². The highest BCUT2D eigenvalue weighted by molar-refractivity contribution is 7.11. The lowest BCUT2D eigenvalue weighted by atomic mass is 10.3. The van der Waals surface area contributed by atoms with E-state index in [1.165, 1.54) is 7.11 Å². The van der Waals surface area contributed by atoms with Gasteiger partial charge in [0.05, 0.1) is 7.11 Å². The molecule has 0 aliphatic rings. The first kappa shape index (κ1) is 13.3. The summed E-state index contributed by atoms with van der Waals surface area (Å²) in [5, 5.41) is 7.90. The Morgan fingerprint density at radius 3 is 3.16 bits per heavy atom. The summed E-state index contributed by atoms with van der Waals surface area (Å²) >= 11 is 1.16. The van der Waals surface area contributed by atoms with Gasteiger partial charge in [-0.2, -0.15) is 9.47 Å². The molecular formula is C11H15N5O2S. The second kappa shape index (κ2) is 6.19. The van der Waals surface area contributed by atoms with Crippen LogP contribution in [0.5, 0.6) is 0 Å². The maximum absolute atomic E-state index is 11.5. The molecule has 0 saturated carbocycles. The number of hydrogen-bond donors (Lipinski definition) is 2. The molecule has 0 aliphatic heterocycles. The van der Waals surface area contributed by atoms with Crippen molar-refractivity contribution < 1.29 is 9.53 Å². The highest BCUT2D eigenvalue weighted by atomic mass is 32.1. The van der Waals surface area contributed by atoms with E-state index >= 15 is 0 Å². The van der Waals surface area contributed by atoms with Crippen molar-refractivity contribution in [3.8, 4) is 0 Å². The van der Waals surface area contributed by atoms with Crippen LogP contribution in [0.4, 0.5) is 10.8 Å². The number of rotatable bonds is 6. The summed E-state index contributed by atoms with van der Waals surface area (Å²) in [6, 6.07) is 1.88. The Labute approximate surface area is 114 Å². The van der Waals surface area contributed by atoms with Crippen LogP contribution in [0.3, 0.4) is 0 Å². The Balaban J connectivity index is 1.87. The summed E-state index contributed by atoms with van der Waals surface area (Å²) in [6.07, 6.45) is 4.53. The molecule has 0 radical (unpaired) electrons. The number of nitrogens with zero attached hydrogens (tertiary/aromatic N) is 3. The number of carbonyl (C=O) groups excluding carboxylic acids is 1. The van der Waals surface area contributed by atoms with Gasteiger partial charge in [-0.25, -0.2) is 4.79 Å². The van der Waals surface area contributed by atoms with Crippen molar-refractivity contribution in [1.29, 1.82) is 0 Å². The van der Waals surface area contributed by atoms with E-state index in [1.54, 1.807) is 6.20 Å². The van der Waals surface area contributed by atoms with Crippen LogP contribution in [-0.2, 0) is 11.3 Å². The molecule has 2 aromatic rings. The van der Waals surface area contributed by atoms with Gasteiger partial charge in [-0.1, -0.05) is 0 Å². The van der Waals surface area contributed by atoms with Crippen molar-refractivity contribution in [2.75, 3.05) is 24.7 Å². The standard InChI is InChI=1S/C11H15N5O2S/c1-18-11(17)8-9(12)15-19-10(8)13-4-2-6-16-7-3-5-14-16/h3,5,7,13H,2,4,6H2,1H3,(H2,12,15). The number of carbonyl (C=O) groups is 1. The predicted molar refractivity (Wildman–Crippen MR) is 73.2 cm³/mol. The number of nitrogens with one attached hydrogen (secondary N) is 1. The molecule has 0 atom stereocenters. The highest BCUT2D eigenvalue weighted by Gasteiger charge is 2.19. The summed E-state index contributed by atoms with van der Waals surface area (Å²) in [6.45, 7) is 1.51. The number of nitrogens with two attached hydrogens (primary N) is 1. The number of aromatic nitrogens is 3. The van der Waals surface area contributed by atoms with Crippen LogP contribution in [0, 0.1) is 0 Å². The van der Waals surface area contributed by atoms with Gasteiger partial charge >= 0.3 is 5.97 Å². The lowest BCUT2D eigenvalue weighted by molar-refractivity contribution is 0.0603. The molecule has 19 heavy (non-hydrogen) atoms. The van der Waals surface area contributed by atoms with Crippen molar-refractivity contribution in [3.63, 3.8) is 0 Å². The minimum Gasteiger partial charge on any atom is -0.465 e. The molecule has 102 valence electrons. The monoisotopic (exact) mass is 281 g/mol. The van der Waals surface area contributed by atoms with Crippen LogP contribution < -0.4 is 11.1 Å². The number of aryl methyl sites for hydroxylation is 1. The summed E-state index contributed by atoms with van der Waals surface area (Å²) in [5.41, 5.74) is 5.96. The first-order valence-electron chi connectivity index (χ1n) is 5.77. The summed E-state index contributed by atoms with van der Waals surface area (Å²) in [5.74, 6) is -0.271. The van der Waals surface area contributed by atoms with E-state index < -0.39 is 5.97 Å². The summed E-state index contributed by atoms with van der Waals surface area (Å²) in [4.78, 5) is 11.5. The number of ether oxygens (including phenoxy) is 1. The van der Waals surface area contributed by atoms with E-state index in [4.69, 9.17) is 5.73 Å². The molecule has 0 aromatic carbocycles. The van der Waals surface area contributed by atoms with Crippen molar-refractivity contribution in [1.82, 2.24) is 14.2 Å².